The summed E-state index contributed by atoms with van der Waals surface area (Å²) >= 11 is 11.9. The first-order valence-corrected chi connectivity index (χ1v) is 9.87. The van der Waals surface area contributed by atoms with Crippen molar-refractivity contribution < 1.29 is 13.2 Å². The summed E-state index contributed by atoms with van der Waals surface area (Å²) in [5, 5.41) is 3.66. The first kappa shape index (κ1) is 18.0. The molecule has 6 nitrogen and oxygen atoms in total. The fourth-order valence-corrected chi connectivity index (χ4v) is 3.82. The third-order valence-corrected chi connectivity index (χ3v) is 5.78. The first-order chi connectivity index (χ1) is 11.8. The van der Waals surface area contributed by atoms with E-state index in [0.29, 0.717) is 10.0 Å². The van der Waals surface area contributed by atoms with Gasteiger partial charge in [-0.15, -0.1) is 4.40 Å². The number of amidine groups is 1. The van der Waals surface area contributed by atoms with Crippen LogP contribution < -0.4 is 5.32 Å². The van der Waals surface area contributed by atoms with Gasteiger partial charge in [-0.2, -0.15) is 0 Å². The van der Waals surface area contributed by atoms with Crippen molar-refractivity contribution in [1.29, 1.82) is 0 Å². The maximum Gasteiger partial charge on any atom is 0.256 e. The highest BCUT2D eigenvalue weighted by atomic mass is 35.5. The van der Waals surface area contributed by atoms with Gasteiger partial charge in [0, 0.05) is 12.7 Å². The Morgan fingerprint density at radius 2 is 2.08 bits per heavy atom. The molecule has 1 atom stereocenters. The van der Waals surface area contributed by atoms with E-state index in [1.54, 1.807) is 48.4 Å². The van der Waals surface area contributed by atoms with Gasteiger partial charge in [0.2, 0.25) is 0 Å². The van der Waals surface area contributed by atoms with E-state index in [-0.39, 0.29) is 29.7 Å². The van der Waals surface area contributed by atoms with E-state index >= 15 is 0 Å². The summed E-state index contributed by atoms with van der Waals surface area (Å²) in [5.41, 5.74) is 0.988. The number of nitrogens with one attached hydrogen (secondary N) is 1. The third kappa shape index (κ3) is 3.89. The lowest BCUT2D eigenvalue weighted by atomic mass is 10.1. The smallest absolute Gasteiger partial charge is 0.256 e. The van der Waals surface area contributed by atoms with Gasteiger partial charge in [-0.25, -0.2) is 8.42 Å². The summed E-state index contributed by atoms with van der Waals surface area (Å²) in [6.45, 7) is 2.07. The molecule has 1 aromatic rings. The zero-order valence-electron chi connectivity index (χ0n) is 13.2. The van der Waals surface area contributed by atoms with Gasteiger partial charge >= 0.3 is 0 Å². The number of fused-ring (bicyclic) bond motifs is 1. The van der Waals surface area contributed by atoms with Crippen LogP contribution in [0.1, 0.15) is 18.5 Å². The molecule has 0 saturated carbocycles. The Hall–Kier alpha value is -1.83. The van der Waals surface area contributed by atoms with Gasteiger partial charge in [0.1, 0.15) is 0 Å². The number of nitrogens with zero attached hydrogens (tertiary/aromatic N) is 2. The fraction of sp³-hybridized carbons (Fsp3) is 0.250. The Morgan fingerprint density at radius 3 is 2.80 bits per heavy atom. The van der Waals surface area contributed by atoms with Crippen molar-refractivity contribution in [3.8, 4) is 0 Å². The predicted molar refractivity (Wildman–Crippen MR) is 98.2 cm³/mol. The number of hydrogen-bond donors (Lipinski definition) is 1. The molecule has 1 aromatic carbocycles. The van der Waals surface area contributed by atoms with Crippen molar-refractivity contribution in [2.75, 3.05) is 12.3 Å². The molecule has 0 bridgehead atoms. The lowest BCUT2D eigenvalue weighted by Crippen LogP contribution is -2.42. The number of allylic oxidation sites excluding steroid dienone is 2. The van der Waals surface area contributed by atoms with Crippen molar-refractivity contribution in [2.45, 2.75) is 13.0 Å². The summed E-state index contributed by atoms with van der Waals surface area (Å²) in [7, 11) is -3.55. The molecule has 132 valence electrons. The van der Waals surface area contributed by atoms with E-state index in [1.165, 1.54) is 0 Å². The second-order valence-corrected chi connectivity index (χ2v) is 8.25. The Balaban J connectivity index is 1.82. The second-order valence-electron chi connectivity index (χ2n) is 5.68. The molecule has 0 aromatic heterocycles. The number of halogens is 2. The van der Waals surface area contributed by atoms with Gasteiger partial charge in [0.15, 0.2) is 5.84 Å². The van der Waals surface area contributed by atoms with Crippen LogP contribution in [0.15, 0.2) is 46.5 Å². The summed E-state index contributed by atoms with van der Waals surface area (Å²) in [6.07, 6.45) is 4.94. The maximum atomic E-state index is 12.6. The molecule has 25 heavy (non-hydrogen) atoms. The van der Waals surface area contributed by atoms with E-state index in [1.807, 2.05) is 0 Å². The summed E-state index contributed by atoms with van der Waals surface area (Å²) < 4.78 is 27.3. The van der Waals surface area contributed by atoms with Crippen LogP contribution in [0.4, 0.5) is 0 Å². The fourth-order valence-electron chi connectivity index (χ4n) is 2.53. The zero-order valence-corrected chi connectivity index (χ0v) is 15.6. The van der Waals surface area contributed by atoms with Crippen LogP contribution in [0, 0.1) is 0 Å². The minimum atomic E-state index is -3.55. The molecule has 0 unspecified atom stereocenters. The number of rotatable bonds is 3. The van der Waals surface area contributed by atoms with Crippen LogP contribution in [0.5, 0.6) is 0 Å². The van der Waals surface area contributed by atoms with Gasteiger partial charge in [-0.1, -0.05) is 29.3 Å². The van der Waals surface area contributed by atoms with E-state index in [4.69, 9.17) is 23.2 Å². The number of carbonyl (C=O) groups excluding carboxylic acids is 1. The molecule has 3 rings (SSSR count). The van der Waals surface area contributed by atoms with E-state index < -0.39 is 15.9 Å². The van der Waals surface area contributed by atoms with Crippen LogP contribution in [-0.2, 0) is 14.8 Å². The standard InChI is InChI=1S/C16H15Cl2N3O3S/c1-10(11-4-5-13(17)14(18)9-11)19-16(22)12-3-2-6-21-7-8-25(23,24)20-15(12)21/h2-6,9-10H,7-8H2,1H3,(H,19,22)/t10-/m1/s1. The first-order valence-electron chi connectivity index (χ1n) is 7.51. The van der Waals surface area contributed by atoms with E-state index in [0.717, 1.165) is 5.56 Å². The molecular weight excluding hydrogens is 385 g/mol. The molecule has 9 heteroatoms. The molecule has 2 aliphatic rings. The molecule has 2 aliphatic heterocycles. The lowest BCUT2D eigenvalue weighted by molar-refractivity contribution is -0.117. The van der Waals surface area contributed by atoms with Crippen LogP contribution in [-0.4, -0.2) is 37.4 Å². The maximum absolute atomic E-state index is 12.6. The lowest BCUT2D eigenvalue weighted by Gasteiger charge is -2.29. The molecule has 0 aliphatic carbocycles. The summed E-state index contributed by atoms with van der Waals surface area (Å²) in [6, 6.07) is 4.76. The summed E-state index contributed by atoms with van der Waals surface area (Å²) in [4.78, 5) is 14.3. The van der Waals surface area contributed by atoms with E-state index in [9.17, 15) is 13.2 Å². The Labute approximate surface area is 155 Å². The van der Waals surface area contributed by atoms with Crippen LogP contribution in [0.25, 0.3) is 0 Å². The Kier molecular flexibility index (Phi) is 4.90. The van der Waals surface area contributed by atoms with Gasteiger partial charge < -0.3 is 10.2 Å². The molecular formula is C16H15Cl2N3O3S. The van der Waals surface area contributed by atoms with Crippen molar-refractivity contribution in [3.05, 3.63) is 57.7 Å². The third-order valence-electron chi connectivity index (χ3n) is 3.89. The van der Waals surface area contributed by atoms with Crippen molar-refractivity contribution in [3.63, 3.8) is 0 Å². The normalized spacial score (nSPS) is 19.6. The highest BCUT2D eigenvalue weighted by molar-refractivity contribution is 7.90. The van der Waals surface area contributed by atoms with Crippen LogP contribution in [0.3, 0.4) is 0 Å². The van der Waals surface area contributed by atoms with Crippen molar-refractivity contribution in [2.24, 2.45) is 4.40 Å². The number of hydrogen-bond acceptors (Lipinski definition) is 4. The molecule has 1 amide bonds. The minimum Gasteiger partial charge on any atom is -0.345 e. The van der Waals surface area contributed by atoms with Gasteiger partial charge in [0.05, 0.1) is 27.4 Å². The molecule has 0 saturated heterocycles. The second kappa shape index (κ2) is 6.82. The van der Waals surface area contributed by atoms with Crippen molar-refractivity contribution >= 4 is 45.0 Å². The van der Waals surface area contributed by atoms with Crippen LogP contribution >= 0.6 is 23.2 Å². The Bertz CT molecular complexity index is 923. The minimum absolute atomic E-state index is 0.0740. The monoisotopic (exact) mass is 399 g/mol. The van der Waals surface area contributed by atoms with E-state index in [2.05, 4.69) is 9.71 Å². The largest absolute Gasteiger partial charge is 0.345 e. The highest BCUT2D eigenvalue weighted by Gasteiger charge is 2.30. The molecule has 1 N–H and O–H groups in total. The van der Waals surface area contributed by atoms with Gasteiger partial charge in [0.25, 0.3) is 15.9 Å². The number of sulfonamides is 1. The number of carbonyl (C=O) groups is 1. The van der Waals surface area contributed by atoms with Gasteiger partial charge in [-0.3, -0.25) is 4.79 Å². The predicted octanol–water partition coefficient (Wildman–Crippen LogP) is 2.67. The number of amides is 1. The van der Waals surface area contributed by atoms with Gasteiger partial charge in [-0.05, 0) is 36.8 Å². The topological polar surface area (TPSA) is 78.8 Å². The zero-order chi connectivity index (χ0) is 18.2. The van der Waals surface area contributed by atoms with Crippen LogP contribution in [0.2, 0.25) is 10.0 Å². The quantitative estimate of drug-likeness (QED) is 0.846. The highest BCUT2D eigenvalue weighted by Crippen LogP contribution is 2.26. The molecule has 0 fully saturated rings. The average Bonchev–Trinajstić information content (AvgIpc) is 2.55. The average molecular weight is 400 g/mol. The summed E-state index contributed by atoms with van der Waals surface area (Å²) in [5.74, 6) is -0.341. The van der Waals surface area contributed by atoms with Crippen molar-refractivity contribution in [1.82, 2.24) is 10.2 Å². The molecule has 2 heterocycles. The Morgan fingerprint density at radius 1 is 1.32 bits per heavy atom. The molecule has 0 radical (unpaired) electrons. The number of benzene rings is 1. The SMILES string of the molecule is C[C@@H](NC(=O)C1=CC=CN2CCS(=O)(=O)N=C12)c1ccc(Cl)c(Cl)c1. The molecule has 0 spiro atoms.